The fourth-order valence-electron chi connectivity index (χ4n) is 2.01. The summed E-state index contributed by atoms with van der Waals surface area (Å²) in [6.45, 7) is 8.91. The van der Waals surface area contributed by atoms with Crippen molar-refractivity contribution in [2.45, 2.75) is 39.5 Å². The van der Waals surface area contributed by atoms with Crippen LogP contribution in [0.3, 0.4) is 0 Å². The summed E-state index contributed by atoms with van der Waals surface area (Å²) in [5.74, 6) is 1.81. The molecular formula is C12H25NO. The van der Waals surface area contributed by atoms with E-state index in [0.717, 1.165) is 18.3 Å². The minimum absolute atomic E-state index is 0.360. The molecule has 0 unspecified atom stereocenters. The second-order valence-electron chi connectivity index (χ2n) is 4.90. The SMILES string of the molecule is CC(C)C1CN(CCCCCCO)C1. The average molecular weight is 199 g/mol. The van der Waals surface area contributed by atoms with Gasteiger partial charge in [0.15, 0.2) is 0 Å². The molecule has 0 bridgehead atoms. The van der Waals surface area contributed by atoms with Crippen molar-refractivity contribution in [2.24, 2.45) is 11.8 Å². The van der Waals surface area contributed by atoms with E-state index in [9.17, 15) is 0 Å². The lowest BCUT2D eigenvalue weighted by molar-refractivity contribution is 0.0669. The van der Waals surface area contributed by atoms with Crippen molar-refractivity contribution >= 4 is 0 Å². The zero-order valence-corrected chi connectivity index (χ0v) is 9.71. The summed E-state index contributed by atoms with van der Waals surface area (Å²) in [6, 6.07) is 0. The van der Waals surface area contributed by atoms with Crippen LogP contribution in [0.2, 0.25) is 0 Å². The number of unbranched alkanes of at least 4 members (excludes halogenated alkanes) is 3. The predicted molar refractivity (Wildman–Crippen MR) is 60.3 cm³/mol. The molecule has 0 radical (unpaired) electrons. The molecule has 0 saturated carbocycles. The summed E-state index contributed by atoms with van der Waals surface area (Å²) in [4.78, 5) is 2.56. The molecule has 1 N–H and O–H groups in total. The smallest absolute Gasteiger partial charge is 0.0431 e. The second-order valence-corrected chi connectivity index (χ2v) is 4.90. The lowest BCUT2D eigenvalue weighted by Gasteiger charge is -2.41. The van der Waals surface area contributed by atoms with E-state index in [-0.39, 0.29) is 0 Å². The molecule has 0 atom stereocenters. The zero-order valence-electron chi connectivity index (χ0n) is 9.71. The van der Waals surface area contributed by atoms with Crippen LogP contribution >= 0.6 is 0 Å². The standard InChI is InChI=1S/C12H25NO/c1-11(2)12-9-13(10-12)7-5-3-4-6-8-14/h11-12,14H,3-10H2,1-2H3. The maximum absolute atomic E-state index is 8.62. The molecule has 1 saturated heterocycles. The molecule has 84 valence electrons. The van der Waals surface area contributed by atoms with Gasteiger partial charge < -0.3 is 10.0 Å². The Morgan fingerprint density at radius 2 is 1.79 bits per heavy atom. The summed E-state index contributed by atoms with van der Waals surface area (Å²) in [6.07, 6.45) is 4.76. The first-order valence-electron chi connectivity index (χ1n) is 6.07. The molecule has 1 fully saturated rings. The molecule has 0 aromatic heterocycles. The third-order valence-corrected chi connectivity index (χ3v) is 3.31. The lowest BCUT2D eigenvalue weighted by atomic mass is 9.88. The molecule has 1 rings (SSSR count). The molecule has 2 heteroatoms. The van der Waals surface area contributed by atoms with Crippen LogP contribution in [-0.2, 0) is 0 Å². The molecular weight excluding hydrogens is 174 g/mol. The molecule has 1 aliphatic heterocycles. The number of aliphatic hydroxyl groups excluding tert-OH is 1. The molecule has 0 amide bonds. The number of nitrogens with zero attached hydrogens (tertiary/aromatic N) is 1. The highest BCUT2D eigenvalue weighted by molar-refractivity contribution is 4.81. The van der Waals surface area contributed by atoms with Crippen molar-refractivity contribution in [3.8, 4) is 0 Å². The van der Waals surface area contributed by atoms with Gasteiger partial charge in [0.1, 0.15) is 0 Å². The van der Waals surface area contributed by atoms with Gasteiger partial charge in [0.05, 0.1) is 0 Å². The molecule has 1 heterocycles. The van der Waals surface area contributed by atoms with E-state index in [1.165, 1.54) is 38.9 Å². The van der Waals surface area contributed by atoms with Gasteiger partial charge in [-0.25, -0.2) is 0 Å². The van der Waals surface area contributed by atoms with Crippen LogP contribution in [0.15, 0.2) is 0 Å². The van der Waals surface area contributed by atoms with Crippen molar-refractivity contribution in [3.05, 3.63) is 0 Å². The Bertz CT molecular complexity index is 141. The fraction of sp³-hybridized carbons (Fsp3) is 1.00. The van der Waals surface area contributed by atoms with Gasteiger partial charge in [-0.1, -0.05) is 26.7 Å². The largest absolute Gasteiger partial charge is 0.396 e. The van der Waals surface area contributed by atoms with Gasteiger partial charge in [-0.05, 0) is 31.2 Å². The Morgan fingerprint density at radius 1 is 1.14 bits per heavy atom. The van der Waals surface area contributed by atoms with E-state index in [1.54, 1.807) is 0 Å². The first-order valence-corrected chi connectivity index (χ1v) is 6.07. The van der Waals surface area contributed by atoms with E-state index in [1.807, 2.05) is 0 Å². The van der Waals surface area contributed by atoms with Gasteiger partial charge >= 0.3 is 0 Å². The van der Waals surface area contributed by atoms with E-state index in [4.69, 9.17) is 5.11 Å². The van der Waals surface area contributed by atoms with Gasteiger partial charge in [-0.2, -0.15) is 0 Å². The summed E-state index contributed by atoms with van der Waals surface area (Å²) >= 11 is 0. The molecule has 0 aromatic rings. The van der Waals surface area contributed by atoms with Crippen molar-refractivity contribution in [2.75, 3.05) is 26.2 Å². The normalized spacial score (nSPS) is 18.9. The van der Waals surface area contributed by atoms with Gasteiger partial charge in [0, 0.05) is 19.7 Å². The average Bonchev–Trinajstić information content (AvgIpc) is 2.06. The van der Waals surface area contributed by atoms with Crippen LogP contribution in [0.5, 0.6) is 0 Å². The number of likely N-dealkylation sites (tertiary alicyclic amines) is 1. The third kappa shape index (κ3) is 3.97. The number of aliphatic hydroxyl groups is 1. The number of hydrogen-bond acceptors (Lipinski definition) is 2. The first kappa shape index (κ1) is 12.0. The molecule has 0 aliphatic carbocycles. The Labute approximate surface area is 88.3 Å². The molecule has 0 spiro atoms. The van der Waals surface area contributed by atoms with Crippen LogP contribution in [0.25, 0.3) is 0 Å². The minimum Gasteiger partial charge on any atom is -0.396 e. The van der Waals surface area contributed by atoms with Crippen molar-refractivity contribution < 1.29 is 5.11 Å². The van der Waals surface area contributed by atoms with Crippen molar-refractivity contribution in [1.29, 1.82) is 0 Å². The van der Waals surface area contributed by atoms with E-state index in [0.29, 0.717) is 6.61 Å². The van der Waals surface area contributed by atoms with Gasteiger partial charge in [0.2, 0.25) is 0 Å². The van der Waals surface area contributed by atoms with Crippen LogP contribution in [-0.4, -0.2) is 36.2 Å². The predicted octanol–water partition coefficient (Wildman–Crippen LogP) is 2.13. The summed E-state index contributed by atoms with van der Waals surface area (Å²) < 4.78 is 0. The number of hydrogen-bond donors (Lipinski definition) is 1. The Hall–Kier alpha value is -0.0800. The fourth-order valence-corrected chi connectivity index (χ4v) is 2.01. The third-order valence-electron chi connectivity index (χ3n) is 3.31. The number of rotatable bonds is 7. The van der Waals surface area contributed by atoms with Crippen LogP contribution in [0, 0.1) is 11.8 Å². The van der Waals surface area contributed by atoms with Gasteiger partial charge in [-0.15, -0.1) is 0 Å². The van der Waals surface area contributed by atoms with E-state index < -0.39 is 0 Å². The Kier molecular flexibility index (Phi) is 5.49. The highest BCUT2D eigenvalue weighted by atomic mass is 16.2. The summed E-state index contributed by atoms with van der Waals surface area (Å²) in [5.41, 5.74) is 0. The summed E-state index contributed by atoms with van der Waals surface area (Å²) in [5, 5.41) is 8.62. The van der Waals surface area contributed by atoms with E-state index in [2.05, 4.69) is 18.7 Å². The molecule has 1 aliphatic rings. The second kappa shape index (κ2) is 6.41. The quantitative estimate of drug-likeness (QED) is 0.635. The highest BCUT2D eigenvalue weighted by Gasteiger charge is 2.27. The van der Waals surface area contributed by atoms with Crippen molar-refractivity contribution in [1.82, 2.24) is 4.90 Å². The van der Waals surface area contributed by atoms with Crippen LogP contribution < -0.4 is 0 Å². The summed E-state index contributed by atoms with van der Waals surface area (Å²) in [7, 11) is 0. The minimum atomic E-state index is 0.360. The molecule has 2 nitrogen and oxygen atoms in total. The topological polar surface area (TPSA) is 23.5 Å². The van der Waals surface area contributed by atoms with E-state index >= 15 is 0 Å². The van der Waals surface area contributed by atoms with Gasteiger partial charge in [0.25, 0.3) is 0 Å². The Morgan fingerprint density at radius 3 is 2.36 bits per heavy atom. The molecule has 14 heavy (non-hydrogen) atoms. The van der Waals surface area contributed by atoms with Gasteiger partial charge in [-0.3, -0.25) is 0 Å². The van der Waals surface area contributed by atoms with Crippen molar-refractivity contribution in [3.63, 3.8) is 0 Å². The zero-order chi connectivity index (χ0) is 10.4. The van der Waals surface area contributed by atoms with Crippen LogP contribution in [0.1, 0.15) is 39.5 Å². The Balaban J connectivity index is 1.86. The monoisotopic (exact) mass is 199 g/mol. The molecule has 0 aromatic carbocycles. The maximum atomic E-state index is 8.62. The lowest BCUT2D eigenvalue weighted by Crippen LogP contribution is -2.49. The van der Waals surface area contributed by atoms with Crippen LogP contribution in [0.4, 0.5) is 0 Å². The highest BCUT2D eigenvalue weighted by Crippen LogP contribution is 2.23. The first-order chi connectivity index (χ1) is 6.74. The maximum Gasteiger partial charge on any atom is 0.0431 e.